The van der Waals surface area contributed by atoms with E-state index in [0.29, 0.717) is 12.8 Å². The molecule has 5 nitrogen and oxygen atoms in total. The molecule has 2 aromatic rings. The molecule has 2 heterocycles. The van der Waals surface area contributed by atoms with Gasteiger partial charge in [-0.05, 0) is 44.6 Å². The number of amides is 1. The first-order chi connectivity index (χ1) is 12.5. The van der Waals surface area contributed by atoms with E-state index in [1.54, 1.807) is 22.7 Å². The first-order valence-electron chi connectivity index (χ1n) is 9.15. The van der Waals surface area contributed by atoms with Gasteiger partial charge in [0, 0.05) is 21.5 Å². The molecule has 0 unspecified atom stereocenters. The van der Waals surface area contributed by atoms with Gasteiger partial charge in [0.2, 0.25) is 5.91 Å². The smallest absolute Gasteiger partial charge is 0.307 e. The van der Waals surface area contributed by atoms with Gasteiger partial charge < -0.3 is 10.4 Å². The monoisotopic (exact) mass is 390 g/mol. The summed E-state index contributed by atoms with van der Waals surface area (Å²) in [5, 5.41) is 16.4. The summed E-state index contributed by atoms with van der Waals surface area (Å²) in [5.74, 6) is -2.01. The Morgan fingerprint density at radius 2 is 1.96 bits per heavy atom. The zero-order chi connectivity index (χ0) is 18.3. The van der Waals surface area contributed by atoms with Crippen molar-refractivity contribution >= 4 is 39.6 Å². The number of aryl methyl sites for hydroxylation is 2. The molecule has 1 amide bonds. The third-order valence-electron chi connectivity index (χ3n) is 5.41. The average Bonchev–Trinajstić information content (AvgIpc) is 3.30. The summed E-state index contributed by atoms with van der Waals surface area (Å²) >= 11 is 3.25. The molecule has 0 aromatic carbocycles. The number of carbonyl (C=O) groups is 2. The highest BCUT2D eigenvalue weighted by Gasteiger charge is 2.36. The van der Waals surface area contributed by atoms with Crippen molar-refractivity contribution in [3.05, 3.63) is 21.5 Å². The zero-order valence-electron chi connectivity index (χ0n) is 14.7. The molecule has 0 radical (unpaired) electrons. The maximum atomic E-state index is 12.9. The number of anilines is 1. The Labute approximate surface area is 160 Å². The lowest BCUT2D eigenvalue weighted by atomic mass is 9.79. The molecule has 138 valence electrons. The van der Waals surface area contributed by atoms with Gasteiger partial charge in [0.15, 0.2) is 0 Å². The second-order valence-corrected chi connectivity index (χ2v) is 9.14. The summed E-state index contributed by atoms with van der Waals surface area (Å²) in [4.78, 5) is 30.4. The number of carboxylic acids is 1. The average molecular weight is 391 g/mol. The summed E-state index contributed by atoms with van der Waals surface area (Å²) in [7, 11) is 0. The Bertz CT molecular complexity index is 855. The minimum absolute atomic E-state index is 0.147. The van der Waals surface area contributed by atoms with Crippen LogP contribution >= 0.6 is 22.7 Å². The van der Waals surface area contributed by atoms with Crippen LogP contribution in [0.3, 0.4) is 0 Å². The van der Waals surface area contributed by atoms with Gasteiger partial charge in [0.05, 0.1) is 11.8 Å². The van der Waals surface area contributed by atoms with Crippen molar-refractivity contribution in [1.82, 2.24) is 4.98 Å². The Morgan fingerprint density at radius 1 is 1.19 bits per heavy atom. The molecule has 2 aliphatic carbocycles. The van der Waals surface area contributed by atoms with Crippen LogP contribution < -0.4 is 5.32 Å². The summed E-state index contributed by atoms with van der Waals surface area (Å²) in [5.41, 5.74) is 3.37. The lowest BCUT2D eigenvalue weighted by molar-refractivity contribution is -0.147. The molecule has 7 heteroatoms. The lowest BCUT2D eigenvalue weighted by Gasteiger charge is -2.27. The number of hydrogen-bond donors (Lipinski definition) is 2. The van der Waals surface area contributed by atoms with E-state index >= 15 is 0 Å². The summed E-state index contributed by atoms with van der Waals surface area (Å²) < 4.78 is 0. The fraction of sp³-hybridized carbons (Fsp3) is 0.526. The number of carboxylic acid groups (broad SMARTS) is 1. The normalized spacial score (nSPS) is 22.2. The van der Waals surface area contributed by atoms with Gasteiger partial charge in [-0.1, -0.05) is 12.8 Å². The first-order valence-corrected chi connectivity index (χ1v) is 10.8. The van der Waals surface area contributed by atoms with Gasteiger partial charge >= 0.3 is 5.97 Å². The molecule has 2 atom stereocenters. The van der Waals surface area contributed by atoms with Crippen LogP contribution in [0.2, 0.25) is 0 Å². The van der Waals surface area contributed by atoms with Crippen LogP contribution in [-0.2, 0) is 22.4 Å². The van der Waals surface area contributed by atoms with Crippen molar-refractivity contribution in [2.75, 3.05) is 5.32 Å². The predicted octanol–water partition coefficient (Wildman–Crippen LogP) is 4.50. The van der Waals surface area contributed by atoms with E-state index in [1.807, 2.05) is 12.3 Å². The molecule has 2 aliphatic rings. The van der Waals surface area contributed by atoms with E-state index in [0.717, 1.165) is 53.4 Å². The molecule has 26 heavy (non-hydrogen) atoms. The third kappa shape index (κ3) is 3.18. The zero-order valence-corrected chi connectivity index (χ0v) is 16.3. The Hall–Kier alpha value is -1.73. The third-order valence-corrected chi connectivity index (χ3v) is 7.60. The Morgan fingerprint density at radius 3 is 2.65 bits per heavy atom. The Balaban J connectivity index is 1.64. The standard InChI is InChI=1S/C19H22N2O3S2/c1-10-9-25-17(20-10)15-13-7-4-8-14(13)26-18(15)21-16(22)11-5-2-3-6-12(11)19(23)24/h9,11-12H,2-8H2,1H3,(H,21,22)(H,23,24)/t11-,12-/m0/s1. The van der Waals surface area contributed by atoms with Crippen LogP contribution in [0.25, 0.3) is 10.6 Å². The molecule has 2 N–H and O–H groups in total. The molecule has 4 rings (SSSR count). The summed E-state index contributed by atoms with van der Waals surface area (Å²) in [6, 6.07) is 0. The maximum Gasteiger partial charge on any atom is 0.307 e. The second-order valence-electron chi connectivity index (χ2n) is 7.18. The van der Waals surface area contributed by atoms with Crippen molar-refractivity contribution in [2.45, 2.75) is 51.9 Å². The van der Waals surface area contributed by atoms with E-state index in [1.165, 1.54) is 10.4 Å². The molecule has 2 aromatic heterocycles. The van der Waals surface area contributed by atoms with Crippen LogP contribution in [-0.4, -0.2) is 22.0 Å². The molecule has 0 spiro atoms. The number of rotatable bonds is 4. The number of hydrogen-bond acceptors (Lipinski definition) is 5. The Kier molecular flexibility index (Phi) is 4.84. The maximum absolute atomic E-state index is 12.9. The largest absolute Gasteiger partial charge is 0.481 e. The number of aliphatic carboxylic acids is 1. The van der Waals surface area contributed by atoms with Crippen molar-refractivity contribution in [1.29, 1.82) is 0 Å². The molecular weight excluding hydrogens is 368 g/mol. The van der Waals surface area contributed by atoms with Crippen LogP contribution in [0.5, 0.6) is 0 Å². The van der Waals surface area contributed by atoms with Crippen molar-refractivity contribution in [2.24, 2.45) is 11.8 Å². The van der Waals surface area contributed by atoms with Gasteiger partial charge in [-0.3, -0.25) is 9.59 Å². The van der Waals surface area contributed by atoms with Crippen molar-refractivity contribution < 1.29 is 14.7 Å². The number of aromatic nitrogens is 1. The topological polar surface area (TPSA) is 79.3 Å². The van der Waals surface area contributed by atoms with Crippen LogP contribution in [0.1, 0.15) is 48.2 Å². The highest BCUT2D eigenvalue weighted by atomic mass is 32.1. The molecule has 0 saturated heterocycles. The number of nitrogens with zero attached hydrogens (tertiary/aromatic N) is 1. The fourth-order valence-electron chi connectivity index (χ4n) is 4.13. The number of carbonyl (C=O) groups excluding carboxylic acids is 1. The van der Waals surface area contributed by atoms with Crippen molar-refractivity contribution in [3.63, 3.8) is 0 Å². The summed E-state index contributed by atoms with van der Waals surface area (Å²) in [6.07, 6.45) is 6.27. The molecule has 1 fully saturated rings. The fourth-order valence-corrected chi connectivity index (χ4v) is 6.37. The van der Waals surface area contributed by atoms with Crippen LogP contribution in [0.4, 0.5) is 5.00 Å². The first kappa shape index (κ1) is 17.7. The molecule has 1 saturated carbocycles. The SMILES string of the molecule is Cc1csc(-c2c(NC(=O)[C@H]3CCCC[C@@H]3C(=O)O)sc3c2CCC3)n1. The van der Waals surface area contributed by atoms with Crippen LogP contribution in [0, 0.1) is 18.8 Å². The van der Waals surface area contributed by atoms with Gasteiger partial charge in [-0.15, -0.1) is 22.7 Å². The van der Waals surface area contributed by atoms with Gasteiger partial charge in [0.1, 0.15) is 10.0 Å². The minimum Gasteiger partial charge on any atom is -0.481 e. The summed E-state index contributed by atoms with van der Waals surface area (Å²) in [6.45, 7) is 1.98. The minimum atomic E-state index is -0.853. The number of thiazole rings is 1. The number of nitrogens with one attached hydrogen (secondary N) is 1. The van der Waals surface area contributed by atoms with E-state index in [-0.39, 0.29) is 5.91 Å². The number of fused-ring (bicyclic) bond motifs is 1. The lowest BCUT2D eigenvalue weighted by Crippen LogP contribution is -2.36. The van der Waals surface area contributed by atoms with E-state index in [9.17, 15) is 14.7 Å². The van der Waals surface area contributed by atoms with Gasteiger partial charge in [-0.2, -0.15) is 0 Å². The van der Waals surface area contributed by atoms with Gasteiger partial charge in [-0.25, -0.2) is 4.98 Å². The number of thiophene rings is 1. The molecule has 0 aliphatic heterocycles. The highest BCUT2D eigenvalue weighted by molar-refractivity contribution is 7.18. The van der Waals surface area contributed by atoms with E-state index < -0.39 is 17.8 Å². The quantitative estimate of drug-likeness (QED) is 0.806. The van der Waals surface area contributed by atoms with Gasteiger partial charge in [0.25, 0.3) is 0 Å². The van der Waals surface area contributed by atoms with Crippen LogP contribution in [0.15, 0.2) is 5.38 Å². The van der Waals surface area contributed by atoms with E-state index in [4.69, 9.17) is 0 Å². The highest BCUT2D eigenvalue weighted by Crippen LogP contribution is 2.46. The molecule has 0 bridgehead atoms. The molecular formula is C19H22N2O3S2. The second kappa shape index (κ2) is 7.12. The van der Waals surface area contributed by atoms with E-state index in [2.05, 4.69) is 10.3 Å². The van der Waals surface area contributed by atoms with Crippen molar-refractivity contribution in [3.8, 4) is 10.6 Å². The predicted molar refractivity (Wildman–Crippen MR) is 104 cm³/mol.